The number of nitrogens with two attached hydrogens (primary N) is 1. The molecule has 33 heavy (non-hydrogen) atoms. The number of benzene rings is 1. The average molecular weight is 446 g/mol. The number of carbonyl (C=O) groups is 1. The second kappa shape index (κ2) is 7.30. The van der Waals surface area contributed by atoms with Crippen LogP contribution in [-0.2, 0) is 17.5 Å². The van der Waals surface area contributed by atoms with Crippen LogP contribution in [0.4, 0.5) is 15.0 Å². The third-order valence-corrected chi connectivity index (χ3v) is 6.70. The average Bonchev–Trinajstić information content (AvgIpc) is 3.32. The third-order valence-electron chi connectivity index (χ3n) is 6.70. The lowest BCUT2D eigenvalue weighted by Gasteiger charge is -2.48. The molecule has 1 spiro atoms. The minimum Gasteiger partial charge on any atom is -0.383 e. The van der Waals surface area contributed by atoms with E-state index in [1.54, 1.807) is 23.2 Å². The Hall–Kier alpha value is -3.93. The molecule has 1 fully saturated rings. The summed E-state index contributed by atoms with van der Waals surface area (Å²) >= 11 is 0. The van der Waals surface area contributed by atoms with Crippen molar-refractivity contribution in [3.8, 4) is 17.3 Å². The molecule has 2 aliphatic heterocycles. The summed E-state index contributed by atoms with van der Waals surface area (Å²) in [5.41, 5.74) is 8.50. The van der Waals surface area contributed by atoms with Crippen molar-refractivity contribution in [3.63, 3.8) is 0 Å². The van der Waals surface area contributed by atoms with Crippen LogP contribution in [0.25, 0.3) is 11.3 Å². The third kappa shape index (κ3) is 3.48. The van der Waals surface area contributed by atoms with Crippen LogP contribution in [0.15, 0.2) is 42.6 Å². The number of nitrogens with one attached hydrogen (secondary N) is 1. The molecule has 0 aliphatic carbocycles. The van der Waals surface area contributed by atoms with Crippen LogP contribution >= 0.6 is 0 Å². The Bertz CT molecular complexity index is 1300. The van der Waals surface area contributed by atoms with Crippen LogP contribution in [-0.4, -0.2) is 38.8 Å². The summed E-state index contributed by atoms with van der Waals surface area (Å²) < 4.78 is 15.6. The number of aromatic nitrogens is 3. The first-order chi connectivity index (χ1) is 15.7. The summed E-state index contributed by atoms with van der Waals surface area (Å²) in [6, 6.07) is 11.9. The van der Waals surface area contributed by atoms with Crippen molar-refractivity contribution >= 4 is 11.8 Å². The zero-order valence-electron chi connectivity index (χ0n) is 18.5. The Morgan fingerprint density at radius 2 is 2.09 bits per heavy atom. The van der Waals surface area contributed by atoms with E-state index in [9.17, 15) is 14.4 Å². The number of nitrogens with zero attached hydrogens (tertiary/aromatic N) is 5. The van der Waals surface area contributed by atoms with Gasteiger partial charge < -0.3 is 16.0 Å². The van der Waals surface area contributed by atoms with E-state index < -0.39 is 5.54 Å². The number of anilines is 1. The number of urea groups is 1. The Morgan fingerprint density at radius 3 is 2.82 bits per heavy atom. The number of halogens is 1. The van der Waals surface area contributed by atoms with Crippen molar-refractivity contribution in [1.29, 1.82) is 5.26 Å². The zero-order chi connectivity index (χ0) is 23.4. The molecule has 8 nitrogen and oxygen atoms in total. The first-order valence-electron chi connectivity index (χ1n) is 10.8. The number of hydrogen-bond donors (Lipinski definition) is 2. The lowest BCUT2D eigenvalue weighted by Crippen LogP contribution is -2.64. The molecular weight excluding hydrogens is 421 g/mol. The Kier molecular flexibility index (Phi) is 4.64. The largest absolute Gasteiger partial charge is 0.383 e. The highest BCUT2D eigenvalue weighted by Gasteiger charge is 2.51. The van der Waals surface area contributed by atoms with E-state index in [1.807, 2.05) is 30.7 Å². The number of fused-ring (bicyclic) bond motifs is 2. The quantitative estimate of drug-likeness (QED) is 0.643. The number of hydrogen-bond acceptors (Lipinski definition) is 5. The van der Waals surface area contributed by atoms with Gasteiger partial charge in [-0.15, -0.1) is 0 Å². The van der Waals surface area contributed by atoms with Crippen molar-refractivity contribution in [3.05, 3.63) is 65.2 Å². The van der Waals surface area contributed by atoms with Gasteiger partial charge in [0, 0.05) is 42.5 Å². The van der Waals surface area contributed by atoms with Gasteiger partial charge in [0.2, 0.25) is 0 Å². The van der Waals surface area contributed by atoms with Crippen LogP contribution in [0.1, 0.15) is 37.1 Å². The first-order valence-corrected chi connectivity index (χ1v) is 10.8. The molecule has 168 valence electrons. The highest BCUT2D eigenvalue weighted by Crippen LogP contribution is 2.44. The minimum absolute atomic E-state index is 0.134. The molecule has 2 aromatic heterocycles. The van der Waals surface area contributed by atoms with Gasteiger partial charge in [-0.3, -0.25) is 4.68 Å². The predicted molar refractivity (Wildman–Crippen MR) is 120 cm³/mol. The van der Waals surface area contributed by atoms with Gasteiger partial charge in [0.1, 0.15) is 17.7 Å². The molecular formula is C24H24FN7O. The number of carbonyl (C=O) groups excluding carboxylic acids is 1. The molecule has 0 radical (unpaired) electrons. The number of nitrogen functional groups attached to an aromatic ring is 1. The Labute approximate surface area is 190 Å². The summed E-state index contributed by atoms with van der Waals surface area (Å²) in [6.45, 7) is 5.68. The van der Waals surface area contributed by atoms with Crippen LogP contribution in [0.5, 0.6) is 0 Å². The van der Waals surface area contributed by atoms with E-state index in [4.69, 9.17) is 10.8 Å². The van der Waals surface area contributed by atoms with Gasteiger partial charge in [0.25, 0.3) is 0 Å². The lowest BCUT2D eigenvalue weighted by atomic mass is 9.76. The van der Waals surface area contributed by atoms with E-state index in [0.717, 1.165) is 29.9 Å². The Balaban J connectivity index is 1.31. The molecule has 0 bridgehead atoms. The number of likely N-dealkylation sites (tertiary alicyclic amines) is 1. The Morgan fingerprint density at radius 1 is 1.30 bits per heavy atom. The molecule has 3 N–H and O–H groups in total. The topological polar surface area (TPSA) is 113 Å². The molecule has 2 aliphatic rings. The molecule has 1 saturated heterocycles. The van der Waals surface area contributed by atoms with E-state index >= 15 is 0 Å². The fraction of sp³-hybridized carbons (Fsp3) is 0.333. The highest BCUT2D eigenvalue weighted by atomic mass is 19.1. The number of aryl methyl sites for hydroxylation is 1. The lowest BCUT2D eigenvalue weighted by molar-refractivity contribution is 0.0871. The second-order valence-corrected chi connectivity index (χ2v) is 9.36. The fourth-order valence-electron chi connectivity index (χ4n) is 4.75. The van der Waals surface area contributed by atoms with Gasteiger partial charge in [-0.2, -0.15) is 10.4 Å². The molecule has 0 saturated carbocycles. The maximum atomic E-state index is 13.6. The van der Waals surface area contributed by atoms with Crippen LogP contribution < -0.4 is 11.1 Å². The van der Waals surface area contributed by atoms with E-state index in [1.165, 1.54) is 12.1 Å². The summed E-state index contributed by atoms with van der Waals surface area (Å²) in [5.74, 6) is -0.128. The van der Waals surface area contributed by atoms with Crippen LogP contribution in [0, 0.1) is 17.1 Å². The first kappa shape index (κ1) is 20.9. The van der Waals surface area contributed by atoms with E-state index in [2.05, 4.69) is 16.4 Å². The monoisotopic (exact) mass is 445 g/mol. The van der Waals surface area contributed by atoms with Gasteiger partial charge in [0.05, 0.1) is 16.8 Å². The molecule has 1 aromatic carbocycles. The van der Waals surface area contributed by atoms with Gasteiger partial charge in [-0.1, -0.05) is 12.1 Å². The molecule has 0 atom stereocenters. The van der Waals surface area contributed by atoms with Gasteiger partial charge in [-0.05, 0) is 50.1 Å². The van der Waals surface area contributed by atoms with Crippen LogP contribution in [0.2, 0.25) is 0 Å². The van der Waals surface area contributed by atoms with Gasteiger partial charge in [-0.25, -0.2) is 14.2 Å². The zero-order valence-corrected chi connectivity index (χ0v) is 18.5. The van der Waals surface area contributed by atoms with E-state index in [0.29, 0.717) is 24.2 Å². The highest BCUT2D eigenvalue weighted by molar-refractivity contribution is 5.77. The number of rotatable bonds is 3. The molecule has 5 rings (SSSR count). The van der Waals surface area contributed by atoms with E-state index in [-0.39, 0.29) is 23.1 Å². The standard InChI is InChI=1S/C24H24FN7O/c1-23(2,17-4-3-5-18(25)9-17)29-22(33)31-13-24(14-31)6-7-32-20(24)10-19(30-32)16-8-15(11-26)21(27)28-12-16/h3-5,8-10,12H,6-7,13-14H2,1-2H3,(H2,27,28)(H,29,33). The summed E-state index contributed by atoms with van der Waals surface area (Å²) in [6.07, 6.45) is 2.53. The molecule has 0 unspecified atom stereocenters. The number of amides is 2. The normalized spacial score (nSPS) is 16.2. The van der Waals surface area contributed by atoms with Crippen molar-refractivity contribution in [1.82, 2.24) is 25.0 Å². The summed E-state index contributed by atoms with van der Waals surface area (Å²) in [7, 11) is 0. The van der Waals surface area contributed by atoms with Crippen molar-refractivity contribution in [2.75, 3.05) is 18.8 Å². The molecule has 4 heterocycles. The maximum absolute atomic E-state index is 13.6. The summed E-state index contributed by atoms with van der Waals surface area (Å²) in [5, 5.41) is 16.9. The predicted octanol–water partition coefficient (Wildman–Crippen LogP) is 3.14. The van der Waals surface area contributed by atoms with Gasteiger partial charge >= 0.3 is 6.03 Å². The SMILES string of the molecule is CC(C)(NC(=O)N1CC2(CCn3nc(-c4cnc(N)c(C#N)c4)cc32)C1)c1cccc(F)c1. The smallest absolute Gasteiger partial charge is 0.318 e. The van der Waals surface area contributed by atoms with Crippen molar-refractivity contribution < 1.29 is 9.18 Å². The van der Waals surface area contributed by atoms with Gasteiger partial charge in [0.15, 0.2) is 0 Å². The molecule has 2 amide bonds. The van der Waals surface area contributed by atoms with Crippen LogP contribution in [0.3, 0.4) is 0 Å². The minimum atomic E-state index is -0.701. The van der Waals surface area contributed by atoms with Crippen molar-refractivity contribution in [2.45, 2.75) is 37.8 Å². The fourth-order valence-corrected chi connectivity index (χ4v) is 4.75. The van der Waals surface area contributed by atoms with Crippen molar-refractivity contribution in [2.24, 2.45) is 0 Å². The second-order valence-electron chi connectivity index (χ2n) is 9.36. The maximum Gasteiger partial charge on any atom is 0.318 e. The number of nitriles is 1. The molecule has 9 heteroatoms. The molecule has 3 aromatic rings. The number of pyridine rings is 1. The summed E-state index contributed by atoms with van der Waals surface area (Å²) in [4.78, 5) is 18.8.